The fourth-order valence-electron chi connectivity index (χ4n) is 1.56. The Hall–Kier alpha value is -1.53. The lowest BCUT2D eigenvalue weighted by atomic mass is 10.2. The van der Waals surface area contributed by atoms with E-state index in [9.17, 15) is 13.2 Å². The number of carboxylic acids is 1. The van der Waals surface area contributed by atoms with E-state index in [1.165, 1.54) is 6.08 Å². The van der Waals surface area contributed by atoms with Crippen molar-refractivity contribution in [3.05, 3.63) is 34.9 Å². The van der Waals surface area contributed by atoms with Gasteiger partial charge in [0.25, 0.3) is 0 Å². The van der Waals surface area contributed by atoms with E-state index in [4.69, 9.17) is 21.4 Å². The summed E-state index contributed by atoms with van der Waals surface area (Å²) in [6.45, 7) is 1.81. The van der Waals surface area contributed by atoms with Crippen molar-refractivity contribution in [3.63, 3.8) is 0 Å². The highest BCUT2D eigenvalue weighted by atomic mass is 35.5. The highest BCUT2D eigenvalue weighted by Crippen LogP contribution is 2.27. The number of hydrogen-bond acceptors (Lipinski definition) is 4. The number of carbonyl (C=O) groups is 1. The molecule has 5 nitrogen and oxygen atoms in total. The minimum Gasteiger partial charge on any atom is -0.493 e. The van der Waals surface area contributed by atoms with Crippen LogP contribution in [0.15, 0.2) is 24.3 Å². The first-order valence-electron chi connectivity index (χ1n) is 6.38. The summed E-state index contributed by atoms with van der Waals surface area (Å²) in [6, 6.07) is 4.96. The Morgan fingerprint density at radius 2 is 2.14 bits per heavy atom. The molecule has 0 amide bonds. The van der Waals surface area contributed by atoms with Crippen molar-refractivity contribution in [2.75, 3.05) is 18.1 Å². The van der Waals surface area contributed by atoms with Gasteiger partial charge < -0.3 is 9.84 Å². The molecule has 21 heavy (non-hydrogen) atoms. The van der Waals surface area contributed by atoms with Gasteiger partial charge in [0.15, 0.2) is 0 Å². The molecule has 0 aliphatic carbocycles. The van der Waals surface area contributed by atoms with Crippen LogP contribution in [0.5, 0.6) is 5.75 Å². The maximum atomic E-state index is 11.4. The molecule has 1 N–H and O–H groups in total. The van der Waals surface area contributed by atoms with E-state index in [1.54, 1.807) is 25.1 Å². The van der Waals surface area contributed by atoms with E-state index in [1.807, 2.05) is 0 Å². The second-order valence-corrected chi connectivity index (χ2v) is 7.14. The van der Waals surface area contributed by atoms with Gasteiger partial charge in [-0.05, 0) is 24.6 Å². The Kier molecular flexibility index (Phi) is 6.71. The Morgan fingerprint density at radius 1 is 1.43 bits per heavy atom. The van der Waals surface area contributed by atoms with Crippen molar-refractivity contribution in [2.24, 2.45) is 0 Å². The quantitative estimate of drug-likeness (QED) is 0.584. The smallest absolute Gasteiger partial charge is 0.328 e. The Morgan fingerprint density at radius 3 is 2.76 bits per heavy atom. The zero-order valence-electron chi connectivity index (χ0n) is 11.6. The lowest BCUT2D eigenvalue weighted by Gasteiger charge is -2.10. The third-order valence-corrected chi connectivity index (χ3v) is 4.82. The zero-order chi connectivity index (χ0) is 15.9. The van der Waals surface area contributed by atoms with Gasteiger partial charge in [-0.15, -0.1) is 0 Å². The molecule has 0 saturated heterocycles. The number of sulfone groups is 1. The Bertz CT molecular complexity index is 622. The minimum absolute atomic E-state index is 0.0599. The summed E-state index contributed by atoms with van der Waals surface area (Å²) < 4.78 is 28.2. The molecule has 7 heteroatoms. The molecule has 0 aromatic heterocycles. The molecule has 0 saturated carbocycles. The van der Waals surface area contributed by atoms with Crippen LogP contribution in [-0.4, -0.2) is 37.6 Å². The Balaban J connectivity index is 2.71. The van der Waals surface area contributed by atoms with Crippen molar-refractivity contribution >= 4 is 33.5 Å². The lowest BCUT2D eigenvalue weighted by Crippen LogP contribution is -2.12. The molecule has 0 aliphatic rings. The van der Waals surface area contributed by atoms with Crippen molar-refractivity contribution in [1.82, 2.24) is 0 Å². The fraction of sp³-hybridized carbons (Fsp3) is 0.357. The third-order valence-electron chi connectivity index (χ3n) is 2.70. The predicted molar refractivity (Wildman–Crippen MR) is 82.6 cm³/mol. The number of rotatable bonds is 8. The molecule has 0 atom stereocenters. The summed E-state index contributed by atoms with van der Waals surface area (Å²) in [7, 11) is -3.01. The maximum Gasteiger partial charge on any atom is 0.328 e. The molecular weight excluding hydrogens is 316 g/mol. The van der Waals surface area contributed by atoms with Crippen LogP contribution in [-0.2, 0) is 14.6 Å². The normalized spacial score (nSPS) is 11.7. The van der Waals surface area contributed by atoms with Gasteiger partial charge in [-0.3, -0.25) is 0 Å². The summed E-state index contributed by atoms with van der Waals surface area (Å²) in [6.07, 6.45) is 2.68. The summed E-state index contributed by atoms with van der Waals surface area (Å²) >= 11 is 6.00. The van der Waals surface area contributed by atoms with Crippen molar-refractivity contribution in [3.8, 4) is 5.75 Å². The average Bonchev–Trinajstić information content (AvgIpc) is 2.42. The number of hydrogen-bond donors (Lipinski definition) is 1. The molecule has 1 rings (SSSR count). The van der Waals surface area contributed by atoms with Crippen molar-refractivity contribution in [2.45, 2.75) is 13.3 Å². The number of ether oxygens (including phenoxy) is 1. The number of carboxylic acid groups (broad SMARTS) is 1. The fourth-order valence-corrected chi connectivity index (χ4v) is 2.64. The van der Waals surface area contributed by atoms with Crippen LogP contribution in [0, 0.1) is 0 Å². The van der Waals surface area contributed by atoms with Crippen LogP contribution in [0.1, 0.15) is 18.9 Å². The third kappa shape index (κ3) is 6.18. The monoisotopic (exact) mass is 332 g/mol. The van der Waals surface area contributed by atoms with Gasteiger partial charge in [0.1, 0.15) is 15.6 Å². The molecule has 1 aromatic carbocycles. The van der Waals surface area contributed by atoms with E-state index < -0.39 is 15.8 Å². The summed E-state index contributed by atoms with van der Waals surface area (Å²) in [5.74, 6) is -0.495. The van der Waals surface area contributed by atoms with Gasteiger partial charge >= 0.3 is 5.97 Å². The van der Waals surface area contributed by atoms with Gasteiger partial charge in [0.2, 0.25) is 0 Å². The topological polar surface area (TPSA) is 80.7 Å². The molecule has 0 aliphatic heterocycles. The first kappa shape index (κ1) is 17.5. The van der Waals surface area contributed by atoms with Gasteiger partial charge in [0.05, 0.1) is 17.4 Å². The summed E-state index contributed by atoms with van der Waals surface area (Å²) in [4.78, 5) is 10.6. The largest absolute Gasteiger partial charge is 0.493 e. The van der Waals surface area contributed by atoms with E-state index in [0.29, 0.717) is 22.8 Å². The van der Waals surface area contributed by atoms with Crippen molar-refractivity contribution in [1.29, 1.82) is 0 Å². The number of halogens is 1. The number of aliphatic carboxylic acids is 1. The summed E-state index contributed by atoms with van der Waals surface area (Å²) in [5.41, 5.74) is 0.458. The Labute approximate surface area is 129 Å². The molecular formula is C14H17ClO5S. The summed E-state index contributed by atoms with van der Waals surface area (Å²) in [5, 5.41) is 9.02. The van der Waals surface area contributed by atoms with Crippen LogP contribution in [0.3, 0.4) is 0 Å². The van der Waals surface area contributed by atoms with Crippen LogP contribution >= 0.6 is 11.6 Å². The average molecular weight is 333 g/mol. The first-order chi connectivity index (χ1) is 9.85. The minimum atomic E-state index is -3.01. The zero-order valence-corrected chi connectivity index (χ0v) is 13.2. The SMILES string of the molecule is CCS(=O)(=O)CCCOc1cccc(Cl)c1/C=C/C(=O)O. The van der Waals surface area contributed by atoms with E-state index in [-0.39, 0.29) is 18.1 Å². The van der Waals surface area contributed by atoms with Crippen LogP contribution < -0.4 is 4.74 Å². The second-order valence-electron chi connectivity index (χ2n) is 4.26. The molecule has 0 heterocycles. The molecule has 0 bridgehead atoms. The van der Waals surface area contributed by atoms with Gasteiger partial charge in [-0.25, -0.2) is 13.2 Å². The standard InChI is InChI=1S/C14H17ClO5S/c1-2-21(18,19)10-4-9-20-13-6-3-5-12(15)11(13)7-8-14(16)17/h3,5-8H,2,4,9-10H2,1H3,(H,16,17)/b8-7+. The van der Waals surface area contributed by atoms with Crippen molar-refractivity contribution < 1.29 is 23.1 Å². The maximum absolute atomic E-state index is 11.4. The van der Waals surface area contributed by atoms with E-state index in [2.05, 4.69) is 0 Å². The molecule has 0 fully saturated rings. The highest BCUT2D eigenvalue weighted by molar-refractivity contribution is 7.91. The lowest BCUT2D eigenvalue weighted by molar-refractivity contribution is -0.131. The van der Waals surface area contributed by atoms with E-state index >= 15 is 0 Å². The molecule has 1 aromatic rings. The highest BCUT2D eigenvalue weighted by Gasteiger charge is 2.09. The molecule has 116 valence electrons. The predicted octanol–water partition coefficient (Wildman–Crippen LogP) is 2.64. The molecule has 0 radical (unpaired) electrons. The van der Waals surface area contributed by atoms with Gasteiger partial charge in [-0.1, -0.05) is 24.6 Å². The van der Waals surface area contributed by atoms with Crippen LogP contribution in [0.2, 0.25) is 5.02 Å². The van der Waals surface area contributed by atoms with Crippen LogP contribution in [0.4, 0.5) is 0 Å². The van der Waals surface area contributed by atoms with Gasteiger partial charge in [0, 0.05) is 17.4 Å². The number of benzene rings is 1. The van der Waals surface area contributed by atoms with Crippen LogP contribution in [0.25, 0.3) is 6.08 Å². The van der Waals surface area contributed by atoms with Gasteiger partial charge in [-0.2, -0.15) is 0 Å². The van der Waals surface area contributed by atoms with E-state index in [0.717, 1.165) is 6.08 Å². The first-order valence-corrected chi connectivity index (χ1v) is 8.58. The second kappa shape index (κ2) is 8.05. The molecule has 0 spiro atoms. The molecule has 0 unspecified atom stereocenters.